The van der Waals surface area contributed by atoms with Crippen LogP contribution in [0.25, 0.3) is 0 Å². The second-order valence-electron chi connectivity index (χ2n) is 5.67. The first kappa shape index (κ1) is 16.4. The summed E-state index contributed by atoms with van der Waals surface area (Å²) < 4.78 is 5.79. The molecule has 0 fully saturated rings. The van der Waals surface area contributed by atoms with Gasteiger partial charge in [-0.25, -0.2) is 4.98 Å². The lowest BCUT2D eigenvalue weighted by Gasteiger charge is -2.09. The minimum Gasteiger partial charge on any atom is -0.489 e. The number of aldehydes is 1. The topological polar surface area (TPSA) is 39.2 Å². The number of aromatic nitrogens is 1. The van der Waals surface area contributed by atoms with Gasteiger partial charge in [-0.3, -0.25) is 0 Å². The Morgan fingerprint density at radius 3 is 2.46 bits per heavy atom. The fourth-order valence-corrected chi connectivity index (χ4v) is 3.28. The Balaban J connectivity index is 1.60. The van der Waals surface area contributed by atoms with Crippen molar-refractivity contribution in [3.8, 4) is 5.75 Å². The van der Waals surface area contributed by atoms with Crippen molar-refractivity contribution in [1.82, 2.24) is 4.98 Å². The maximum Gasteiger partial charge on any atom is 0.130 e. The summed E-state index contributed by atoms with van der Waals surface area (Å²) in [5.74, 6) is 0.648. The maximum absolute atomic E-state index is 11.4. The van der Waals surface area contributed by atoms with E-state index in [1.807, 2.05) is 67.7 Å². The van der Waals surface area contributed by atoms with Crippen LogP contribution in [0.1, 0.15) is 26.9 Å². The number of carbonyl (C=O) groups excluding carboxylic acids is 1. The van der Waals surface area contributed by atoms with Gasteiger partial charge < -0.3 is 9.53 Å². The molecule has 3 rings (SSSR count). The molecular weight excluding hydrogens is 318 g/mol. The predicted octanol–water partition coefficient (Wildman–Crippen LogP) is 4.56. The Morgan fingerprint density at radius 1 is 1.08 bits per heavy atom. The third-order valence-electron chi connectivity index (χ3n) is 3.75. The quantitative estimate of drug-likeness (QED) is 0.594. The van der Waals surface area contributed by atoms with E-state index in [-0.39, 0.29) is 5.92 Å². The van der Waals surface area contributed by atoms with Crippen LogP contribution in [0.4, 0.5) is 0 Å². The van der Waals surface area contributed by atoms with Crippen LogP contribution in [0.5, 0.6) is 5.75 Å². The Morgan fingerprint density at radius 2 is 1.83 bits per heavy atom. The second-order valence-corrected chi connectivity index (χ2v) is 6.94. The fraction of sp³-hybridized carbons (Fsp3) is 0.200. The standard InChI is InChI=1S/C20H19NO2S/c1-15-12-21-20(24-15)18(13-22)11-16-7-9-19(10-8-16)23-14-17-5-3-2-4-6-17/h2-10,12-13,18H,11,14H2,1H3. The highest BCUT2D eigenvalue weighted by Crippen LogP contribution is 2.24. The molecule has 24 heavy (non-hydrogen) atoms. The molecule has 1 heterocycles. The SMILES string of the molecule is Cc1cnc(C(C=O)Cc2ccc(OCc3ccccc3)cc2)s1. The average Bonchev–Trinajstić information content (AvgIpc) is 3.06. The molecule has 0 spiro atoms. The molecule has 4 heteroatoms. The van der Waals surface area contributed by atoms with Gasteiger partial charge in [-0.05, 0) is 36.6 Å². The highest BCUT2D eigenvalue weighted by molar-refractivity contribution is 7.11. The number of hydrogen-bond acceptors (Lipinski definition) is 4. The van der Waals surface area contributed by atoms with Crippen molar-refractivity contribution in [3.63, 3.8) is 0 Å². The Hall–Kier alpha value is -2.46. The van der Waals surface area contributed by atoms with Gasteiger partial charge in [0.25, 0.3) is 0 Å². The summed E-state index contributed by atoms with van der Waals surface area (Å²) in [4.78, 5) is 16.8. The van der Waals surface area contributed by atoms with E-state index >= 15 is 0 Å². The molecule has 0 saturated heterocycles. The minimum absolute atomic E-state index is 0.181. The fourth-order valence-electron chi connectivity index (χ4n) is 2.45. The Kier molecular flexibility index (Phi) is 5.39. The van der Waals surface area contributed by atoms with E-state index in [0.29, 0.717) is 13.0 Å². The molecule has 122 valence electrons. The lowest BCUT2D eigenvalue weighted by Crippen LogP contribution is -2.04. The van der Waals surface area contributed by atoms with Crippen LogP contribution in [0, 0.1) is 6.92 Å². The normalized spacial score (nSPS) is 11.9. The number of rotatable bonds is 7. The van der Waals surface area contributed by atoms with Crippen molar-refractivity contribution in [2.75, 3.05) is 0 Å². The number of aryl methyl sites for hydroxylation is 1. The van der Waals surface area contributed by atoms with Gasteiger partial charge >= 0.3 is 0 Å². The van der Waals surface area contributed by atoms with Gasteiger partial charge in [0, 0.05) is 11.1 Å². The zero-order chi connectivity index (χ0) is 16.8. The lowest BCUT2D eigenvalue weighted by atomic mass is 10.0. The summed E-state index contributed by atoms with van der Waals surface area (Å²) in [6, 6.07) is 18.0. The molecule has 0 aliphatic rings. The molecule has 3 aromatic rings. The second kappa shape index (κ2) is 7.88. The van der Waals surface area contributed by atoms with Gasteiger partial charge in [0.15, 0.2) is 0 Å². The lowest BCUT2D eigenvalue weighted by molar-refractivity contribution is -0.109. The summed E-state index contributed by atoms with van der Waals surface area (Å²) in [6.45, 7) is 2.55. The molecule has 0 radical (unpaired) electrons. The Bertz CT molecular complexity index is 781. The number of thiazole rings is 1. The molecule has 0 amide bonds. The molecule has 1 aromatic heterocycles. The van der Waals surface area contributed by atoms with E-state index in [1.165, 1.54) is 0 Å². The van der Waals surface area contributed by atoms with Crippen molar-refractivity contribution in [1.29, 1.82) is 0 Å². The largest absolute Gasteiger partial charge is 0.489 e. The van der Waals surface area contributed by atoms with E-state index in [4.69, 9.17) is 4.74 Å². The molecule has 0 bridgehead atoms. The van der Waals surface area contributed by atoms with Crippen LogP contribution in [0.3, 0.4) is 0 Å². The number of hydrogen-bond donors (Lipinski definition) is 0. The van der Waals surface area contributed by atoms with Crippen LogP contribution < -0.4 is 4.74 Å². The highest BCUT2D eigenvalue weighted by atomic mass is 32.1. The van der Waals surface area contributed by atoms with Crippen molar-refractivity contribution >= 4 is 17.6 Å². The van der Waals surface area contributed by atoms with E-state index in [2.05, 4.69) is 4.98 Å². The molecular formula is C20H19NO2S. The zero-order valence-corrected chi connectivity index (χ0v) is 14.3. The number of ether oxygens (including phenoxy) is 1. The van der Waals surface area contributed by atoms with E-state index < -0.39 is 0 Å². The molecule has 0 aliphatic heterocycles. The summed E-state index contributed by atoms with van der Waals surface area (Å²) in [5, 5.41) is 0.881. The van der Waals surface area contributed by atoms with Crippen LogP contribution in [0.15, 0.2) is 60.8 Å². The minimum atomic E-state index is -0.181. The van der Waals surface area contributed by atoms with Gasteiger partial charge in [0.2, 0.25) is 0 Å². The smallest absolute Gasteiger partial charge is 0.130 e. The highest BCUT2D eigenvalue weighted by Gasteiger charge is 2.15. The van der Waals surface area contributed by atoms with E-state index in [9.17, 15) is 4.79 Å². The molecule has 0 aliphatic carbocycles. The molecule has 2 aromatic carbocycles. The Labute approximate surface area is 146 Å². The first-order valence-corrected chi connectivity index (χ1v) is 8.69. The van der Waals surface area contributed by atoms with Gasteiger partial charge in [-0.1, -0.05) is 42.5 Å². The van der Waals surface area contributed by atoms with Crippen molar-refractivity contribution < 1.29 is 9.53 Å². The van der Waals surface area contributed by atoms with Crippen LogP contribution in [0.2, 0.25) is 0 Å². The molecule has 0 saturated carbocycles. The van der Waals surface area contributed by atoms with Gasteiger partial charge in [-0.2, -0.15) is 0 Å². The monoisotopic (exact) mass is 337 g/mol. The summed E-state index contributed by atoms with van der Waals surface area (Å²) in [6.07, 6.45) is 3.46. The molecule has 3 nitrogen and oxygen atoms in total. The van der Waals surface area contributed by atoms with Gasteiger partial charge in [0.05, 0.1) is 5.92 Å². The van der Waals surface area contributed by atoms with Gasteiger partial charge in [0.1, 0.15) is 23.7 Å². The number of carbonyl (C=O) groups is 1. The first-order chi connectivity index (χ1) is 11.7. The van der Waals surface area contributed by atoms with Crippen molar-refractivity contribution in [2.24, 2.45) is 0 Å². The van der Waals surface area contributed by atoms with E-state index in [1.54, 1.807) is 11.3 Å². The van der Waals surface area contributed by atoms with Crippen molar-refractivity contribution in [3.05, 3.63) is 81.8 Å². The average molecular weight is 337 g/mol. The van der Waals surface area contributed by atoms with E-state index in [0.717, 1.165) is 33.0 Å². The molecule has 0 N–H and O–H groups in total. The predicted molar refractivity (Wildman–Crippen MR) is 96.6 cm³/mol. The molecule has 1 atom stereocenters. The van der Waals surface area contributed by atoms with Gasteiger partial charge in [-0.15, -0.1) is 11.3 Å². The van der Waals surface area contributed by atoms with Crippen LogP contribution >= 0.6 is 11.3 Å². The van der Waals surface area contributed by atoms with Crippen LogP contribution in [-0.4, -0.2) is 11.3 Å². The number of benzene rings is 2. The van der Waals surface area contributed by atoms with Crippen LogP contribution in [-0.2, 0) is 17.8 Å². The zero-order valence-electron chi connectivity index (χ0n) is 13.5. The van der Waals surface area contributed by atoms with Crippen molar-refractivity contribution in [2.45, 2.75) is 25.9 Å². The number of nitrogens with zero attached hydrogens (tertiary/aromatic N) is 1. The maximum atomic E-state index is 11.4. The third kappa shape index (κ3) is 4.30. The summed E-state index contributed by atoms with van der Waals surface area (Å²) in [7, 11) is 0. The summed E-state index contributed by atoms with van der Waals surface area (Å²) in [5.41, 5.74) is 2.24. The first-order valence-electron chi connectivity index (χ1n) is 7.88. The third-order valence-corrected chi connectivity index (χ3v) is 4.79. The summed E-state index contributed by atoms with van der Waals surface area (Å²) >= 11 is 1.58. The molecule has 1 unspecified atom stereocenters.